The van der Waals surface area contributed by atoms with Gasteiger partial charge in [0.15, 0.2) is 5.82 Å². The molecule has 1 aromatic heterocycles. The summed E-state index contributed by atoms with van der Waals surface area (Å²) in [4.78, 5) is 29.7. The van der Waals surface area contributed by atoms with Gasteiger partial charge in [-0.1, -0.05) is 18.2 Å². The Morgan fingerprint density at radius 2 is 1.84 bits per heavy atom. The van der Waals surface area contributed by atoms with Crippen LogP contribution in [0.3, 0.4) is 0 Å². The number of hydrogen-bond acceptors (Lipinski definition) is 5. The van der Waals surface area contributed by atoms with E-state index in [1.54, 1.807) is 0 Å². The average Bonchev–Trinajstić information content (AvgIpc) is 3.49. The maximum absolute atomic E-state index is 13.0. The zero-order chi connectivity index (χ0) is 20.5. The Morgan fingerprint density at radius 1 is 1.03 bits per heavy atom. The molecule has 5 rings (SSSR count). The van der Waals surface area contributed by atoms with Crippen LogP contribution in [0, 0.1) is 0 Å². The van der Waals surface area contributed by atoms with Crippen LogP contribution in [0.1, 0.15) is 34.8 Å². The summed E-state index contributed by atoms with van der Waals surface area (Å²) in [5, 5.41) is 14.2. The summed E-state index contributed by atoms with van der Waals surface area (Å²) in [6.45, 7) is 4.27. The molecule has 32 heavy (non-hydrogen) atoms. The summed E-state index contributed by atoms with van der Waals surface area (Å²) in [5.74, 6) is 1.88. The number of piperazine rings is 1. The standard InChI is InChI=1S/C21H27N7O2.2ClH/c29-20(15-5-2-1-3-6-15)28-14-17(26-10-8-16(28)13-26)11-22-21(30)23-12-19-25-24-18-7-4-9-27(18)19;;/h1-3,5-6,16-17H,4,7-14H2,(H2,22,23,30);2*1H. The lowest BCUT2D eigenvalue weighted by Gasteiger charge is -2.40. The van der Waals surface area contributed by atoms with Gasteiger partial charge in [0.25, 0.3) is 5.91 Å². The molecule has 2 fully saturated rings. The number of aryl methyl sites for hydroxylation is 1. The van der Waals surface area contributed by atoms with Gasteiger partial charge < -0.3 is 20.1 Å². The van der Waals surface area contributed by atoms with Gasteiger partial charge in [-0.25, -0.2) is 4.79 Å². The summed E-state index contributed by atoms with van der Waals surface area (Å²) in [7, 11) is 0. The first-order valence-electron chi connectivity index (χ1n) is 10.7. The summed E-state index contributed by atoms with van der Waals surface area (Å²) in [6, 6.07) is 9.61. The molecule has 2 saturated heterocycles. The third-order valence-corrected chi connectivity index (χ3v) is 6.43. The number of aromatic nitrogens is 3. The van der Waals surface area contributed by atoms with E-state index in [0.717, 1.165) is 56.1 Å². The number of nitrogens with zero attached hydrogens (tertiary/aromatic N) is 5. The largest absolute Gasteiger partial charge is 0.337 e. The first-order valence-corrected chi connectivity index (χ1v) is 10.7. The second kappa shape index (κ2) is 10.5. The highest BCUT2D eigenvalue weighted by Gasteiger charge is 2.40. The molecule has 174 valence electrons. The second-order valence-corrected chi connectivity index (χ2v) is 8.27. The summed E-state index contributed by atoms with van der Waals surface area (Å²) >= 11 is 0. The van der Waals surface area contributed by atoms with Crippen LogP contribution >= 0.6 is 24.8 Å². The molecule has 2 N–H and O–H groups in total. The molecule has 0 spiro atoms. The number of halogens is 2. The highest BCUT2D eigenvalue weighted by molar-refractivity contribution is 5.94. The third-order valence-electron chi connectivity index (χ3n) is 6.43. The molecule has 3 aliphatic heterocycles. The highest BCUT2D eigenvalue weighted by Crippen LogP contribution is 2.26. The van der Waals surface area contributed by atoms with Crippen LogP contribution in [0.25, 0.3) is 0 Å². The lowest BCUT2D eigenvalue weighted by Crippen LogP contribution is -2.58. The molecule has 0 radical (unpaired) electrons. The fraction of sp³-hybridized carbons (Fsp3) is 0.524. The number of rotatable bonds is 5. The van der Waals surface area contributed by atoms with Crippen molar-refractivity contribution in [2.45, 2.75) is 44.4 Å². The normalized spacial score (nSPS) is 23.0. The number of hydrogen-bond donors (Lipinski definition) is 2. The predicted octanol–water partition coefficient (Wildman–Crippen LogP) is 1.47. The van der Waals surface area contributed by atoms with Crippen LogP contribution in [0.5, 0.6) is 0 Å². The smallest absolute Gasteiger partial charge is 0.315 e. The average molecular weight is 482 g/mol. The maximum atomic E-state index is 13.0. The van der Waals surface area contributed by atoms with Gasteiger partial charge in [0.05, 0.1) is 6.54 Å². The summed E-state index contributed by atoms with van der Waals surface area (Å²) in [6.07, 6.45) is 3.02. The number of amides is 3. The number of fused-ring (bicyclic) bond motifs is 3. The van der Waals surface area contributed by atoms with Crippen LogP contribution in [0.15, 0.2) is 30.3 Å². The van der Waals surface area contributed by atoms with Crippen molar-refractivity contribution in [1.29, 1.82) is 0 Å². The highest BCUT2D eigenvalue weighted by atomic mass is 35.5. The van der Waals surface area contributed by atoms with Gasteiger partial charge in [-0.05, 0) is 25.0 Å². The van der Waals surface area contributed by atoms with Crippen molar-refractivity contribution in [3.8, 4) is 0 Å². The fourth-order valence-corrected chi connectivity index (χ4v) is 4.81. The van der Waals surface area contributed by atoms with Gasteiger partial charge in [0.1, 0.15) is 5.82 Å². The number of nitrogens with one attached hydrogen (secondary N) is 2. The molecule has 11 heteroatoms. The van der Waals surface area contributed by atoms with Gasteiger partial charge in [0, 0.05) is 56.8 Å². The monoisotopic (exact) mass is 481 g/mol. The molecule has 0 saturated carbocycles. The molecule has 2 aromatic rings. The van der Waals surface area contributed by atoms with Gasteiger partial charge in [-0.3, -0.25) is 9.69 Å². The molecule has 2 bridgehead atoms. The summed E-state index contributed by atoms with van der Waals surface area (Å²) in [5.41, 5.74) is 0.725. The predicted molar refractivity (Wildman–Crippen MR) is 124 cm³/mol. The van der Waals surface area contributed by atoms with Crippen molar-refractivity contribution >= 4 is 36.8 Å². The van der Waals surface area contributed by atoms with E-state index in [1.807, 2.05) is 35.2 Å². The minimum atomic E-state index is -0.215. The third kappa shape index (κ3) is 4.84. The Balaban J connectivity index is 0.00000144. The molecule has 9 nitrogen and oxygen atoms in total. The Bertz CT molecular complexity index is 939. The number of benzene rings is 1. The van der Waals surface area contributed by atoms with Crippen LogP contribution in [0.2, 0.25) is 0 Å². The Labute approximate surface area is 199 Å². The molecule has 1 aromatic carbocycles. The molecular weight excluding hydrogens is 453 g/mol. The maximum Gasteiger partial charge on any atom is 0.315 e. The molecular formula is C21H29Cl2N7O2. The van der Waals surface area contributed by atoms with Gasteiger partial charge in [-0.15, -0.1) is 35.0 Å². The van der Waals surface area contributed by atoms with Crippen LogP contribution < -0.4 is 10.6 Å². The van der Waals surface area contributed by atoms with E-state index in [2.05, 4.69) is 30.3 Å². The Morgan fingerprint density at radius 3 is 2.66 bits per heavy atom. The van der Waals surface area contributed by atoms with E-state index in [-0.39, 0.29) is 48.8 Å². The molecule has 3 atom stereocenters. The first-order chi connectivity index (χ1) is 14.7. The van der Waals surface area contributed by atoms with Crippen molar-refractivity contribution < 1.29 is 9.59 Å². The van der Waals surface area contributed by atoms with Crippen molar-refractivity contribution in [1.82, 2.24) is 35.2 Å². The molecule has 0 aliphatic carbocycles. The van der Waals surface area contributed by atoms with Crippen molar-refractivity contribution in [3.05, 3.63) is 47.5 Å². The molecule has 3 aliphatic rings. The Kier molecular flexibility index (Phi) is 7.97. The topological polar surface area (TPSA) is 95.4 Å². The van der Waals surface area contributed by atoms with Crippen LogP contribution in [-0.4, -0.2) is 74.8 Å². The lowest BCUT2D eigenvalue weighted by atomic mass is 10.1. The van der Waals surface area contributed by atoms with E-state index >= 15 is 0 Å². The lowest BCUT2D eigenvalue weighted by molar-refractivity contribution is 0.0499. The van der Waals surface area contributed by atoms with E-state index < -0.39 is 0 Å². The van der Waals surface area contributed by atoms with Gasteiger partial charge in [0.2, 0.25) is 0 Å². The van der Waals surface area contributed by atoms with Crippen molar-refractivity contribution in [2.24, 2.45) is 0 Å². The minimum Gasteiger partial charge on any atom is -0.337 e. The van der Waals surface area contributed by atoms with Gasteiger partial charge >= 0.3 is 6.03 Å². The van der Waals surface area contributed by atoms with E-state index in [0.29, 0.717) is 19.6 Å². The SMILES string of the molecule is Cl.Cl.O=C(NCc1nnc2n1CCC2)NCC1CN(C(=O)c2ccccc2)C2CCN1C2. The van der Waals surface area contributed by atoms with Crippen LogP contribution in [-0.2, 0) is 19.5 Å². The Hall–Kier alpha value is -2.36. The number of urea groups is 1. The quantitative estimate of drug-likeness (QED) is 0.673. The second-order valence-electron chi connectivity index (χ2n) is 8.27. The van der Waals surface area contributed by atoms with E-state index in [1.165, 1.54) is 0 Å². The number of carbonyl (C=O) groups excluding carboxylic acids is 2. The molecule has 4 heterocycles. The molecule has 3 amide bonds. The van der Waals surface area contributed by atoms with E-state index in [9.17, 15) is 9.59 Å². The number of carbonyl (C=O) groups is 2. The first kappa shape index (κ1) is 24.3. The fourth-order valence-electron chi connectivity index (χ4n) is 4.81. The zero-order valence-corrected chi connectivity index (χ0v) is 19.4. The summed E-state index contributed by atoms with van der Waals surface area (Å²) < 4.78 is 2.08. The van der Waals surface area contributed by atoms with Crippen molar-refractivity contribution in [2.75, 3.05) is 26.2 Å². The van der Waals surface area contributed by atoms with E-state index in [4.69, 9.17) is 0 Å². The molecule has 3 unspecified atom stereocenters. The minimum absolute atomic E-state index is 0. The van der Waals surface area contributed by atoms with Gasteiger partial charge in [-0.2, -0.15) is 0 Å². The van der Waals surface area contributed by atoms with Crippen molar-refractivity contribution in [3.63, 3.8) is 0 Å². The zero-order valence-electron chi connectivity index (χ0n) is 17.8. The van der Waals surface area contributed by atoms with Crippen LogP contribution in [0.4, 0.5) is 4.79 Å².